The predicted molar refractivity (Wildman–Crippen MR) is 116 cm³/mol. The number of carbonyl (C=O) groups excluding carboxylic acids is 2. The van der Waals surface area contributed by atoms with E-state index in [4.69, 9.17) is 9.47 Å². The van der Waals surface area contributed by atoms with Gasteiger partial charge in [-0.05, 0) is 67.6 Å². The molecule has 0 unspecified atom stereocenters. The lowest BCUT2D eigenvalue weighted by Gasteiger charge is -2.10. The Kier molecular flexibility index (Phi) is 7.27. The second kappa shape index (κ2) is 10.5. The van der Waals surface area contributed by atoms with Crippen LogP contribution in [0.1, 0.15) is 6.92 Å². The molecule has 3 aromatic carbocycles. The summed E-state index contributed by atoms with van der Waals surface area (Å²) in [5, 5.41) is 7.88. The van der Waals surface area contributed by atoms with Crippen LogP contribution in [0.2, 0.25) is 0 Å². The molecule has 0 saturated carbocycles. The third-order valence-corrected chi connectivity index (χ3v) is 3.95. The molecule has 0 spiro atoms. The third kappa shape index (κ3) is 6.56. The molecule has 0 saturated heterocycles. The summed E-state index contributed by atoms with van der Waals surface area (Å²) in [4.78, 5) is 23.9. The number of urea groups is 1. The van der Waals surface area contributed by atoms with E-state index in [-0.39, 0.29) is 12.5 Å². The molecule has 30 heavy (non-hydrogen) atoms. The van der Waals surface area contributed by atoms with Gasteiger partial charge in [0, 0.05) is 11.4 Å². The SMILES string of the molecule is CCOc1ccc(Oc2ccc(NC(=O)CNC(=O)Nc3ccccc3)cc2)cc1. The molecule has 7 heteroatoms. The lowest BCUT2D eigenvalue weighted by atomic mass is 10.3. The highest BCUT2D eigenvalue weighted by Gasteiger charge is 2.06. The van der Waals surface area contributed by atoms with Gasteiger partial charge in [-0.15, -0.1) is 0 Å². The number of anilines is 2. The van der Waals surface area contributed by atoms with Crippen molar-refractivity contribution >= 4 is 23.3 Å². The minimum absolute atomic E-state index is 0.150. The van der Waals surface area contributed by atoms with E-state index < -0.39 is 6.03 Å². The molecule has 0 aromatic heterocycles. The minimum atomic E-state index is -0.449. The van der Waals surface area contributed by atoms with Crippen LogP contribution in [0.4, 0.5) is 16.2 Å². The van der Waals surface area contributed by atoms with Crippen LogP contribution in [0.3, 0.4) is 0 Å². The highest BCUT2D eigenvalue weighted by atomic mass is 16.5. The van der Waals surface area contributed by atoms with E-state index in [1.54, 1.807) is 36.4 Å². The van der Waals surface area contributed by atoms with Gasteiger partial charge in [0.15, 0.2) is 0 Å². The molecular formula is C23H23N3O4. The average Bonchev–Trinajstić information content (AvgIpc) is 2.76. The quantitative estimate of drug-likeness (QED) is 0.509. The van der Waals surface area contributed by atoms with E-state index in [1.807, 2.05) is 49.4 Å². The zero-order chi connectivity index (χ0) is 21.2. The molecule has 3 N–H and O–H groups in total. The zero-order valence-corrected chi connectivity index (χ0v) is 16.6. The third-order valence-electron chi connectivity index (χ3n) is 3.95. The van der Waals surface area contributed by atoms with Crippen molar-refractivity contribution in [3.63, 3.8) is 0 Å². The van der Waals surface area contributed by atoms with Crippen molar-refractivity contribution in [2.45, 2.75) is 6.92 Å². The molecule has 0 atom stereocenters. The Hall–Kier alpha value is -4.00. The zero-order valence-electron chi connectivity index (χ0n) is 16.6. The Balaban J connectivity index is 1.44. The molecule has 0 aliphatic carbocycles. The Labute approximate surface area is 175 Å². The summed E-state index contributed by atoms with van der Waals surface area (Å²) in [5.74, 6) is 1.77. The van der Waals surface area contributed by atoms with Gasteiger partial charge in [-0.1, -0.05) is 18.2 Å². The van der Waals surface area contributed by atoms with Crippen LogP contribution < -0.4 is 25.4 Å². The Morgan fingerprint density at radius 3 is 1.93 bits per heavy atom. The number of para-hydroxylation sites is 1. The summed E-state index contributed by atoms with van der Waals surface area (Å²) >= 11 is 0. The molecule has 0 aliphatic rings. The first-order valence-electron chi connectivity index (χ1n) is 9.53. The van der Waals surface area contributed by atoms with Crippen LogP contribution in [0.5, 0.6) is 17.2 Å². The van der Waals surface area contributed by atoms with Gasteiger partial charge < -0.3 is 25.4 Å². The van der Waals surface area contributed by atoms with E-state index in [0.717, 1.165) is 5.75 Å². The number of hydrogen-bond acceptors (Lipinski definition) is 4. The van der Waals surface area contributed by atoms with Crippen molar-refractivity contribution in [1.82, 2.24) is 5.32 Å². The first-order valence-corrected chi connectivity index (χ1v) is 9.53. The van der Waals surface area contributed by atoms with Gasteiger partial charge in [0.25, 0.3) is 0 Å². The molecule has 3 aromatic rings. The summed E-state index contributed by atoms with van der Waals surface area (Å²) < 4.78 is 11.2. The van der Waals surface area contributed by atoms with Gasteiger partial charge in [0.1, 0.15) is 17.2 Å². The Morgan fingerprint density at radius 1 is 0.733 bits per heavy atom. The molecule has 3 amide bonds. The second-order valence-corrected chi connectivity index (χ2v) is 6.25. The molecule has 3 rings (SSSR count). The van der Waals surface area contributed by atoms with Crippen LogP contribution >= 0.6 is 0 Å². The maximum absolute atomic E-state index is 12.0. The van der Waals surface area contributed by atoms with Crippen LogP contribution in [0, 0.1) is 0 Å². The Bertz CT molecular complexity index is 958. The van der Waals surface area contributed by atoms with Gasteiger partial charge in [-0.3, -0.25) is 4.79 Å². The summed E-state index contributed by atoms with van der Waals surface area (Å²) in [7, 11) is 0. The van der Waals surface area contributed by atoms with E-state index >= 15 is 0 Å². The number of benzene rings is 3. The van der Waals surface area contributed by atoms with Gasteiger partial charge >= 0.3 is 6.03 Å². The van der Waals surface area contributed by atoms with Gasteiger partial charge in [-0.2, -0.15) is 0 Å². The smallest absolute Gasteiger partial charge is 0.319 e. The maximum atomic E-state index is 12.0. The molecule has 0 aliphatic heterocycles. The number of carbonyl (C=O) groups is 2. The number of hydrogen-bond donors (Lipinski definition) is 3. The second-order valence-electron chi connectivity index (χ2n) is 6.25. The molecule has 0 bridgehead atoms. The van der Waals surface area contributed by atoms with Crippen molar-refractivity contribution < 1.29 is 19.1 Å². The number of nitrogens with one attached hydrogen (secondary N) is 3. The van der Waals surface area contributed by atoms with Crippen molar-refractivity contribution in [2.75, 3.05) is 23.8 Å². The maximum Gasteiger partial charge on any atom is 0.319 e. The minimum Gasteiger partial charge on any atom is -0.494 e. The first kappa shape index (κ1) is 20.7. The number of ether oxygens (including phenoxy) is 2. The van der Waals surface area contributed by atoms with Crippen LogP contribution in [0.25, 0.3) is 0 Å². The molecule has 7 nitrogen and oxygen atoms in total. The van der Waals surface area contributed by atoms with E-state index in [0.29, 0.717) is 29.5 Å². The fourth-order valence-electron chi connectivity index (χ4n) is 2.58. The van der Waals surface area contributed by atoms with E-state index in [9.17, 15) is 9.59 Å². The van der Waals surface area contributed by atoms with Crippen LogP contribution in [0.15, 0.2) is 78.9 Å². The van der Waals surface area contributed by atoms with E-state index in [1.165, 1.54) is 0 Å². The van der Waals surface area contributed by atoms with Crippen molar-refractivity contribution in [3.8, 4) is 17.2 Å². The fraction of sp³-hybridized carbons (Fsp3) is 0.130. The monoisotopic (exact) mass is 405 g/mol. The van der Waals surface area contributed by atoms with Gasteiger partial charge in [0.2, 0.25) is 5.91 Å². The summed E-state index contributed by atoms with van der Waals surface area (Å²) in [6.45, 7) is 2.39. The topological polar surface area (TPSA) is 88.7 Å². The first-order chi connectivity index (χ1) is 14.6. The molecule has 0 heterocycles. The molecule has 0 radical (unpaired) electrons. The lowest BCUT2D eigenvalue weighted by Crippen LogP contribution is -2.35. The van der Waals surface area contributed by atoms with Gasteiger partial charge in [-0.25, -0.2) is 4.79 Å². The number of rotatable bonds is 8. The highest BCUT2D eigenvalue weighted by molar-refractivity contribution is 5.96. The van der Waals surface area contributed by atoms with E-state index in [2.05, 4.69) is 16.0 Å². The number of amides is 3. The lowest BCUT2D eigenvalue weighted by molar-refractivity contribution is -0.115. The fourth-order valence-corrected chi connectivity index (χ4v) is 2.58. The summed E-state index contributed by atoms with van der Waals surface area (Å²) in [6.07, 6.45) is 0. The molecule has 0 fully saturated rings. The predicted octanol–water partition coefficient (Wildman–Crippen LogP) is 4.64. The van der Waals surface area contributed by atoms with Crippen LogP contribution in [-0.4, -0.2) is 25.1 Å². The van der Waals surface area contributed by atoms with Crippen molar-refractivity contribution in [3.05, 3.63) is 78.9 Å². The normalized spacial score (nSPS) is 10.0. The largest absolute Gasteiger partial charge is 0.494 e. The Morgan fingerprint density at radius 2 is 1.30 bits per heavy atom. The molecule has 154 valence electrons. The van der Waals surface area contributed by atoms with Gasteiger partial charge in [0.05, 0.1) is 13.2 Å². The van der Waals surface area contributed by atoms with Crippen molar-refractivity contribution in [2.24, 2.45) is 0 Å². The average molecular weight is 405 g/mol. The standard InChI is InChI=1S/C23H23N3O4/c1-2-29-19-12-14-21(15-13-19)30-20-10-8-18(9-11-20)25-22(27)16-24-23(28)26-17-6-4-3-5-7-17/h3-15H,2,16H2,1H3,(H,25,27)(H2,24,26,28). The summed E-state index contributed by atoms with van der Waals surface area (Å²) in [6, 6.07) is 22.8. The summed E-state index contributed by atoms with van der Waals surface area (Å²) in [5.41, 5.74) is 1.25. The highest BCUT2D eigenvalue weighted by Crippen LogP contribution is 2.25. The molecular weight excluding hydrogens is 382 g/mol. The van der Waals surface area contributed by atoms with Crippen molar-refractivity contribution in [1.29, 1.82) is 0 Å². The van der Waals surface area contributed by atoms with Crippen LogP contribution in [-0.2, 0) is 4.79 Å².